The van der Waals surface area contributed by atoms with Crippen molar-refractivity contribution < 1.29 is 4.74 Å². The zero-order chi connectivity index (χ0) is 15.4. The summed E-state index contributed by atoms with van der Waals surface area (Å²) in [6, 6.07) is 7.73. The summed E-state index contributed by atoms with van der Waals surface area (Å²) in [6.45, 7) is 2.01. The van der Waals surface area contributed by atoms with Crippen LogP contribution in [0.2, 0.25) is 0 Å². The Balaban J connectivity index is 1.60. The first-order valence-electron chi connectivity index (χ1n) is 6.51. The number of methoxy groups -OCH3 is 1. The van der Waals surface area contributed by atoms with Gasteiger partial charge in [-0.3, -0.25) is 0 Å². The van der Waals surface area contributed by atoms with Crippen molar-refractivity contribution in [1.29, 1.82) is 0 Å². The molecule has 0 bridgehead atoms. The van der Waals surface area contributed by atoms with Gasteiger partial charge in [0.05, 0.1) is 17.8 Å². The van der Waals surface area contributed by atoms with Crippen LogP contribution in [0.25, 0.3) is 0 Å². The molecule has 1 aromatic carbocycles. The quantitative estimate of drug-likeness (QED) is 0.667. The third-order valence-electron chi connectivity index (χ3n) is 2.74. The predicted octanol–water partition coefficient (Wildman–Crippen LogP) is 4.35. The number of rotatable bonds is 6. The van der Waals surface area contributed by atoms with Crippen LogP contribution in [0, 0.1) is 6.92 Å². The number of anilines is 2. The summed E-state index contributed by atoms with van der Waals surface area (Å²) in [7, 11) is 1.65. The number of aromatic nitrogens is 3. The first-order chi connectivity index (χ1) is 10.7. The monoisotopic (exact) mass is 350 g/mol. The van der Waals surface area contributed by atoms with Crippen LogP contribution in [0.3, 0.4) is 0 Å². The lowest BCUT2D eigenvalue weighted by Gasteiger charge is -2.04. The highest BCUT2D eigenvalue weighted by atomic mass is 32.2. The van der Waals surface area contributed by atoms with Crippen LogP contribution in [0.1, 0.15) is 10.7 Å². The summed E-state index contributed by atoms with van der Waals surface area (Å²) in [6.07, 6.45) is 0. The molecule has 114 valence electrons. The highest BCUT2D eigenvalue weighted by Gasteiger charge is 2.07. The summed E-state index contributed by atoms with van der Waals surface area (Å²) in [4.78, 5) is 4.44. The SMILES string of the molecule is COc1cccc(Nc2nnc(SCc3csc(C)n3)s2)c1. The first-order valence-corrected chi connectivity index (χ1v) is 9.19. The molecule has 3 rings (SSSR count). The normalized spacial score (nSPS) is 10.6. The van der Waals surface area contributed by atoms with Crippen molar-refractivity contribution in [1.82, 2.24) is 15.2 Å². The van der Waals surface area contributed by atoms with Gasteiger partial charge in [-0.1, -0.05) is 29.2 Å². The van der Waals surface area contributed by atoms with Crippen molar-refractivity contribution in [3.8, 4) is 5.75 Å². The van der Waals surface area contributed by atoms with Crippen LogP contribution in [-0.4, -0.2) is 22.3 Å². The molecule has 2 aromatic heterocycles. The van der Waals surface area contributed by atoms with Gasteiger partial charge < -0.3 is 10.1 Å². The van der Waals surface area contributed by atoms with E-state index in [0.29, 0.717) is 0 Å². The van der Waals surface area contributed by atoms with E-state index in [2.05, 4.69) is 25.9 Å². The van der Waals surface area contributed by atoms with Crippen molar-refractivity contribution in [3.63, 3.8) is 0 Å². The zero-order valence-electron chi connectivity index (χ0n) is 12.1. The number of benzene rings is 1. The highest BCUT2D eigenvalue weighted by Crippen LogP contribution is 2.30. The Morgan fingerprint density at radius 3 is 3.00 bits per heavy atom. The van der Waals surface area contributed by atoms with Gasteiger partial charge in [0.2, 0.25) is 5.13 Å². The average Bonchev–Trinajstić information content (AvgIpc) is 3.14. The molecule has 0 aliphatic carbocycles. The number of aryl methyl sites for hydroxylation is 1. The minimum absolute atomic E-state index is 0.769. The minimum atomic E-state index is 0.769. The van der Waals surface area contributed by atoms with E-state index in [4.69, 9.17) is 4.74 Å². The number of thiazole rings is 1. The van der Waals surface area contributed by atoms with E-state index >= 15 is 0 Å². The number of nitrogens with one attached hydrogen (secondary N) is 1. The molecule has 0 aliphatic heterocycles. The second-order valence-electron chi connectivity index (χ2n) is 4.38. The van der Waals surface area contributed by atoms with E-state index in [1.54, 1.807) is 30.2 Å². The smallest absolute Gasteiger partial charge is 0.210 e. The molecule has 0 radical (unpaired) electrons. The zero-order valence-corrected chi connectivity index (χ0v) is 14.5. The van der Waals surface area contributed by atoms with Crippen LogP contribution in [-0.2, 0) is 5.75 Å². The van der Waals surface area contributed by atoms with E-state index in [1.165, 1.54) is 11.3 Å². The number of thioether (sulfide) groups is 1. The Hall–Kier alpha value is -1.64. The van der Waals surface area contributed by atoms with Crippen molar-refractivity contribution in [2.75, 3.05) is 12.4 Å². The molecule has 0 amide bonds. The fourth-order valence-electron chi connectivity index (χ4n) is 1.75. The summed E-state index contributed by atoms with van der Waals surface area (Å²) in [5, 5.41) is 15.5. The molecule has 0 saturated carbocycles. The standard InChI is InChI=1S/C14H14N4OS3/c1-9-15-11(7-20-9)8-21-14-18-17-13(22-14)16-10-4-3-5-12(6-10)19-2/h3-7H,8H2,1-2H3,(H,16,17). The average molecular weight is 350 g/mol. The second kappa shape index (κ2) is 7.08. The molecular weight excluding hydrogens is 336 g/mol. The van der Waals surface area contributed by atoms with Crippen LogP contribution >= 0.6 is 34.4 Å². The Labute approximate surface area is 140 Å². The third kappa shape index (κ3) is 3.96. The van der Waals surface area contributed by atoms with Gasteiger partial charge in [0.1, 0.15) is 5.75 Å². The number of nitrogens with zero attached hydrogens (tertiary/aromatic N) is 3. The van der Waals surface area contributed by atoms with Gasteiger partial charge in [-0.2, -0.15) is 0 Å². The van der Waals surface area contributed by atoms with Crippen LogP contribution in [0.5, 0.6) is 5.75 Å². The van der Waals surface area contributed by atoms with E-state index in [0.717, 1.165) is 37.4 Å². The van der Waals surface area contributed by atoms with E-state index in [9.17, 15) is 0 Å². The summed E-state index contributed by atoms with van der Waals surface area (Å²) in [5.41, 5.74) is 2.02. The van der Waals surface area contributed by atoms with Gasteiger partial charge in [0, 0.05) is 22.9 Å². The fourth-order valence-corrected chi connectivity index (χ4v) is 4.14. The molecular formula is C14H14N4OS3. The van der Waals surface area contributed by atoms with Crippen molar-refractivity contribution in [2.24, 2.45) is 0 Å². The Bertz CT molecular complexity index is 756. The predicted molar refractivity (Wildman–Crippen MR) is 92.6 cm³/mol. The van der Waals surface area contributed by atoms with Gasteiger partial charge in [-0.15, -0.1) is 21.5 Å². The molecule has 5 nitrogen and oxygen atoms in total. The molecule has 0 fully saturated rings. The third-order valence-corrected chi connectivity index (χ3v) is 5.57. The van der Waals surface area contributed by atoms with Crippen molar-refractivity contribution in [2.45, 2.75) is 17.0 Å². The Morgan fingerprint density at radius 2 is 2.23 bits per heavy atom. The van der Waals surface area contributed by atoms with E-state index in [1.807, 2.05) is 31.2 Å². The first kappa shape index (κ1) is 15.3. The molecule has 3 aromatic rings. The molecule has 0 saturated heterocycles. The molecule has 22 heavy (non-hydrogen) atoms. The second-order valence-corrected chi connectivity index (χ2v) is 7.64. The van der Waals surface area contributed by atoms with Crippen LogP contribution in [0.4, 0.5) is 10.8 Å². The molecule has 0 aliphatic rings. The molecule has 0 spiro atoms. The molecule has 0 unspecified atom stereocenters. The number of hydrogen-bond donors (Lipinski definition) is 1. The van der Waals surface area contributed by atoms with E-state index < -0.39 is 0 Å². The Kier molecular flexibility index (Phi) is 4.91. The fraction of sp³-hybridized carbons (Fsp3) is 0.214. The minimum Gasteiger partial charge on any atom is -0.497 e. The van der Waals surface area contributed by atoms with Gasteiger partial charge in [0.25, 0.3) is 0 Å². The maximum atomic E-state index is 5.20. The molecule has 1 N–H and O–H groups in total. The van der Waals surface area contributed by atoms with Gasteiger partial charge in [0.15, 0.2) is 4.34 Å². The van der Waals surface area contributed by atoms with Crippen LogP contribution in [0.15, 0.2) is 34.0 Å². The van der Waals surface area contributed by atoms with Crippen molar-refractivity contribution in [3.05, 3.63) is 40.3 Å². The lowest BCUT2D eigenvalue weighted by Crippen LogP contribution is -1.90. The largest absolute Gasteiger partial charge is 0.497 e. The summed E-state index contributed by atoms with van der Waals surface area (Å²) >= 11 is 4.85. The topological polar surface area (TPSA) is 59.9 Å². The molecule has 2 heterocycles. The van der Waals surface area contributed by atoms with Crippen molar-refractivity contribution >= 4 is 45.3 Å². The van der Waals surface area contributed by atoms with Gasteiger partial charge in [-0.05, 0) is 19.1 Å². The van der Waals surface area contributed by atoms with Gasteiger partial charge >= 0.3 is 0 Å². The maximum Gasteiger partial charge on any atom is 0.210 e. The Morgan fingerprint density at radius 1 is 1.32 bits per heavy atom. The summed E-state index contributed by atoms with van der Waals surface area (Å²) < 4.78 is 6.13. The lowest BCUT2D eigenvalue weighted by molar-refractivity contribution is 0.415. The van der Waals surface area contributed by atoms with Crippen LogP contribution < -0.4 is 10.1 Å². The molecule has 8 heteroatoms. The maximum absolute atomic E-state index is 5.20. The highest BCUT2D eigenvalue weighted by molar-refractivity contribution is 8.00. The number of hydrogen-bond acceptors (Lipinski definition) is 8. The molecule has 0 atom stereocenters. The summed E-state index contributed by atoms with van der Waals surface area (Å²) in [5.74, 6) is 1.63. The van der Waals surface area contributed by atoms with E-state index in [-0.39, 0.29) is 0 Å². The van der Waals surface area contributed by atoms with Gasteiger partial charge in [-0.25, -0.2) is 4.98 Å². The lowest BCUT2D eigenvalue weighted by atomic mass is 10.3. The number of ether oxygens (including phenoxy) is 1.